The number of nitrogens with zero attached hydrogens (tertiary/aromatic N) is 1. The highest BCUT2D eigenvalue weighted by Crippen LogP contribution is 2.12. The van der Waals surface area contributed by atoms with Crippen LogP contribution in [0.25, 0.3) is 0 Å². The smallest absolute Gasteiger partial charge is 0.307 e. The molecule has 0 aliphatic carbocycles. The summed E-state index contributed by atoms with van der Waals surface area (Å²) in [7, 11) is 0. The van der Waals surface area contributed by atoms with Gasteiger partial charge in [-0.25, -0.2) is 5.43 Å². The first-order valence-electron chi connectivity index (χ1n) is 6.74. The van der Waals surface area contributed by atoms with Crippen molar-refractivity contribution in [3.63, 3.8) is 0 Å². The number of furan rings is 1. The highest BCUT2D eigenvalue weighted by atomic mass is 16.5. The molecule has 110 valence electrons. The van der Waals surface area contributed by atoms with Gasteiger partial charge in [-0.1, -0.05) is 0 Å². The van der Waals surface area contributed by atoms with E-state index in [0.29, 0.717) is 18.1 Å². The Bertz CT molecular complexity index is 642. The van der Waals surface area contributed by atoms with Crippen LogP contribution in [0.2, 0.25) is 0 Å². The van der Waals surface area contributed by atoms with Crippen LogP contribution in [0.4, 0.5) is 0 Å². The molecule has 0 saturated heterocycles. The van der Waals surface area contributed by atoms with Crippen molar-refractivity contribution >= 4 is 11.6 Å². The molecule has 2 aromatic rings. The Balaban J connectivity index is 2.01. The normalized spacial score (nSPS) is 11.3. The van der Waals surface area contributed by atoms with Gasteiger partial charge in [0.05, 0.1) is 12.3 Å². The quantitative estimate of drug-likeness (QED) is 0.678. The Labute approximate surface area is 123 Å². The molecule has 1 aromatic carbocycles. The second-order valence-electron chi connectivity index (χ2n) is 4.51. The van der Waals surface area contributed by atoms with Gasteiger partial charge in [0, 0.05) is 0 Å². The van der Waals surface area contributed by atoms with Gasteiger partial charge in [0.15, 0.2) is 5.76 Å². The van der Waals surface area contributed by atoms with E-state index < -0.39 is 0 Å². The average Bonchev–Trinajstić information content (AvgIpc) is 2.92. The van der Waals surface area contributed by atoms with E-state index in [0.717, 1.165) is 11.3 Å². The standard InChI is InChI=1S/C16H18N2O3/c1-4-20-14-8-6-13(7-9-14)12(3)17-18-16(19)15-10-5-11(2)21-15/h5-10H,4H2,1-3H3,(H,18,19)/b17-12+. The molecular weight excluding hydrogens is 268 g/mol. The number of carbonyl (C=O) groups excluding carboxylic acids is 1. The van der Waals surface area contributed by atoms with Crippen molar-refractivity contribution in [1.29, 1.82) is 0 Å². The fourth-order valence-corrected chi connectivity index (χ4v) is 1.77. The van der Waals surface area contributed by atoms with Crippen LogP contribution in [0, 0.1) is 6.92 Å². The number of rotatable bonds is 5. The number of hydrogen-bond acceptors (Lipinski definition) is 4. The van der Waals surface area contributed by atoms with Gasteiger partial charge in [-0.2, -0.15) is 5.10 Å². The first-order chi connectivity index (χ1) is 10.1. The Morgan fingerprint density at radius 1 is 1.24 bits per heavy atom. The maximum atomic E-state index is 11.8. The second kappa shape index (κ2) is 6.74. The summed E-state index contributed by atoms with van der Waals surface area (Å²) in [5.74, 6) is 1.38. The number of carbonyl (C=O) groups is 1. The van der Waals surface area contributed by atoms with Gasteiger partial charge in [-0.05, 0) is 62.7 Å². The van der Waals surface area contributed by atoms with E-state index in [9.17, 15) is 4.79 Å². The number of aryl methyl sites for hydroxylation is 1. The fraction of sp³-hybridized carbons (Fsp3) is 0.250. The Morgan fingerprint density at radius 3 is 2.52 bits per heavy atom. The van der Waals surface area contributed by atoms with E-state index in [4.69, 9.17) is 9.15 Å². The van der Waals surface area contributed by atoms with Crippen LogP contribution < -0.4 is 10.2 Å². The molecule has 1 heterocycles. The van der Waals surface area contributed by atoms with Crippen molar-refractivity contribution in [1.82, 2.24) is 5.43 Å². The lowest BCUT2D eigenvalue weighted by molar-refractivity contribution is 0.0926. The van der Waals surface area contributed by atoms with Crippen molar-refractivity contribution in [2.75, 3.05) is 6.61 Å². The lowest BCUT2D eigenvalue weighted by Gasteiger charge is -2.05. The van der Waals surface area contributed by atoms with E-state index in [1.54, 1.807) is 19.1 Å². The topological polar surface area (TPSA) is 63.8 Å². The number of ether oxygens (including phenoxy) is 1. The van der Waals surface area contributed by atoms with Gasteiger partial charge < -0.3 is 9.15 Å². The molecule has 5 heteroatoms. The lowest BCUT2D eigenvalue weighted by Crippen LogP contribution is -2.18. The molecule has 21 heavy (non-hydrogen) atoms. The minimum absolute atomic E-state index is 0.246. The van der Waals surface area contributed by atoms with Crippen molar-refractivity contribution in [2.45, 2.75) is 20.8 Å². The number of amides is 1. The molecule has 0 spiro atoms. The van der Waals surface area contributed by atoms with E-state index in [2.05, 4.69) is 10.5 Å². The molecule has 0 fully saturated rings. The molecule has 0 unspecified atom stereocenters. The van der Waals surface area contributed by atoms with E-state index in [1.807, 2.05) is 38.1 Å². The third-order valence-corrected chi connectivity index (χ3v) is 2.87. The summed E-state index contributed by atoms with van der Waals surface area (Å²) in [5, 5.41) is 4.07. The fourth-order valence-electron chi connectivity index (χ4n) is 1.77. The Kier molecular flexibility index (Phi) is 4.77. The zero-order chi connectivity index (χ0) is 15.2. The minimum Gasteiger partial charge on any atom is -0.494 e. The maximum absolute atomic E-state index is 11.8. The lowest BCUT2D eigenvalue weighted by atomic mass is 10.1. The molecule has 0 aliphatic heterocycles. The summed E-state index contributed by atoms with van der Waals surface area (Å²) in [6.07, 6.45) is 0. The highest BCUT2D eigenvalue weighted by molar-refractivity contribution is 6.00. The van der Waals surface area contributed by atoms with Crippen LogP contribution in [0.5, 0.6) is 5.75 Å². The highest BCUT2D eigenvalue weighted by Gasteiger charge is 2.09. The third-order valence-electron chi connectivity index (χ3n) is 2.87. The minimum atomic E-state index is -0.367. The first-order valence-corrected chi connectivity index (χ1v) is 6.74. The molecule has 0 aliphatic rings. The largest absolute Gasteiger partial charge is 0.494 e. The van der Waals surface area contributed by atoms with Gasteiger partial charge in [0.1, 0.15) is 11.5 Å². The van der Waals surface area contributed by atoms with E-state index in [-0.39, 0.29) is 11.7 Å². The van der Waals surface area contributed by atoms with Gasteiger partial charge in [0.25, 0.3) is 0 Å². The average molecular weight is 286 g/mol. The predicted octanol–water partition coefficient (Wildman–Crippen LogP) is 3.14. The summed E-state index contributed by atoms with van der Waals surface area (Å²) in [4.78, 5) is 11.8. The first kappa shape index (κ1) is 14.8. The molecule has 1 N–H and O–H groups in total. The van der Waals surface area contributed by atoms with Crippen molar-refractivity contribution in [3.8, 4) is 5.75 Å². The van der Waals surface area contributed by atoms with Crippen molar-refractivity contribution in [3.05, 3.63) is 53.5 Å². The SMILES string of the molecule is CCOc1ccc(/C(C)=N/NC(=O)c2ccc(C)o2)cc1. The third kappa shape index (κ3) is 3.95. The van der Waals surface area contributed by atoms with Crippen LogP contribution in [-0.2, 0) is 0 Å². The molecule has 0 bridgehead atoms. The monoisotopic (exact) mass is 286 g/mol. The van der Waals surface area contributed by atoms with Crippen molar-refractivity contribution < 1.29 is 13.9 Å². The number of benzene rings is 1. The predicted molar refractivity (Wildman–Crippen MR) is 80.7 cm³/mol. The van der Waals surface area contributed by atoms with Crippen LogP contribution in [0.1, 0.15) is 35.7 Å². The summed E-state index contributed by atoms with van der Waals surface area (Å²) < 4.78 is 10.6. The van der Waals surface area contributed by atoms with Crippen LogP contribution >= 0.6 is 0 Å². The van der Waals surface area contributed by atoms with Gasteiger partial charge in [-0.3, -0.25) is 4.79 Å². The summed E-state index contributed by atoms with van der Waals surface area (Å²) in [6.45, 7) is 6.17. The van der Waals surface area contributed by atoms with Crippen LogP contribution in [0.3, 0.4) is 0 Å². The summed E-state index contributed by atoms with van der Waals surface area (Å²) in [5.41, 5.74) is 4.09. The summed E-state index contributed by atoms with van der Waals surface area (Å²) >= 11 is 0. The molecule has 0 atom stereocenters. The number of hydrazone groups is 1. The van der Waals surface area contributed by atoms with Gasteiger partial charge in [0.2, 0.25) is 0 Å². The van der Waals surface area contributed by atoms with Crippen LogP contribution in [0.15, 0.2) is 45.9 Å². The Hall–Kier alpha value is -2.56. The molecule has 1 aromatic heterocycles. The molecule has 0 saturated carbocycles. The molecule has 1 amide bonds. The maximum Gasteiger partial charge on any atom is 0.307 e. The molecule has 2 rings (SSSR count). The van der Waals surface area contributed by atoms with E-state index in [1.165, 1.54) is 0 Å². The van der Waals surface area contributed by atoms with Gasteiger partial charge >= 0.3 is 5.91 Å². The Morgan fingerprint density at radius 2 is 1.95 bits per heavy atom. The molecule has 5 nitrogen and oxygen atoms in total. The second-order valence-corrected chi connectivity index (χ2v) is 4.51. The molecular formula is C16H18N2O3. The van der Waals surface area contributed by atoms with E-state index >= 15 is 0 Å². The van der Waals surface area contributed by atoms with Gasteiger partial charge in [-0.15, -0.1) is 0 Å². The number of nitrogens with one attached hydrogen (secondary N) is 1. The zero-order valence-corrected chi connectivity index (χ0v) is 12.3. The van der Waals surface area contributed by atoms with Crippen LogP contribution in [-0.4, -0.2) is 18.2 Å². The number of hydrogen-bond donors (Lipinski definition) is 1. The molecule has 0 radical (unpaired) electrons. The zero-order valence-electron chi connectivity index (χ0n) is 12.3. The summed E-state index contributed by atoms with van der Waals surface area (Å²) in [6, 6.07) is 10.9. The van der Waals surface area contributed by atoms with Crippen molar-refractivity contribution in [2.24, 2.45) is 5.10 Å².